The van der Waals surface area contributed by atoms with Crippen LogP contribution in [0.15, 0.2) is 40.9 Å². The van der Waals surface area contributed by atoms with Crippen LogP contribution in [0.3, 0.4) is 0 Å². The van der Waals surface area contributed by atoms with Gasteiger partial charge < -0.3 is 13.9 Å². The Hall–Kier alpha value is -2.63. The summed E-state index contributed by atoms with van der Waals surface area (Å²) in [5.74, 6) is 2.52. The molecule has 5 rings (SSSR count). The second-order valence-electron chi connectivity index (χ2n) is 7.41. The van der Waals surface area contributed by atoms with Crippen molar-refractivity contribution in [2.45, 2.75) is 44.1 Å². The van der Waals surface area contributed by atoms with Crippen molar-refractivity contribution in [3.8, 4) is 0 Å². The van der Waals surface area contributed by atoms with Crippen molar-refractivity contribution in [3.63, 3.8) is 0 Å². The van der Waals surface area contributed by atoms with Crippen molar-refractivity contribution >= 4 is 16.8 Å². The molecule has 0 N–H and O–H groups in total. The Morgan fingerprint density at radius 2 is 1.69 bits per heavy atom. The van der Waals surface area contributed by atoms with Crippen LogP contribution in [0.1, 0.15) is 49.3 Å². The molecule has 2 aromatic heterocycles. The molecule has 1 aromatic carbocycles. The number of carbonyl (C=O) groups is 1. The topological polar surface area (TPSA) is 64.2 Å². The van der Waals surface area contributed by atoms with Gasteiger partial charge in [-0.15, -0.1) is 10.2 Å². The summed E-state index contributed by atoms with van der Waals surface area (Å²) in [5, 5.41) is 9.60. The van der Waals surface area contributed by atoms with Gasteiger partial charge in [-0.25, -0.2) is 0 Å². The number of benzene rings is 1. The minimum absolute atomic E-state index is 0.175. The molecule has 2 aliphatic rings. The zero-order chi connectivity index (χ0) is 17.5. The van der Waals surface area contributed by atoms with Gasteiger partial charge in [-0.1, -0.05) is 18.2 Å². The summed E-state index contributed by atoms with van der Waals surface area (Å²) in [6.45, 7) is 1.90. The largest absolute Gasteiger partial charge is 0.425 e. The lowest BCUT2D eigenvalue weighted by atomic mass is 9.97. The molecule has 1 aliphatic carbocycles. The summed E-state index contributed by atoms with van der Waals surface area (Å²) >= 11 is 0. The van der Waals surface area contributed by atoms with Crippen molar-refractivity contribution in [1.82, 2.24) is 19.7 Å². The number of rotatable bonds is 4. The first kappa shape index (κ1) is 15.6. The molecule has 0 bridgehead atoms. The Morgan fingerprint density at radius 1 is 1.00 bits per heavy atom. The van der Waals surface area contributed by atoms with Gasteiger partial charge in [0.05, 0.1) is 0 Å². The van der Waals surface area contributed by atoms with E-state index in [2.05, 4.69) is 28.4 Å². The van der Waals surface area contributed by atoms with Gasteiger partial charge in [0.1, 0.15) is 6.54 Å². The average molecular weight is 350 g/mol. The first-order chi connectivity index (χ1) is 12.8. The lowest BCUT2D eigenvalue weighted by molar-refractivity contribution is -0.132. The summed E-state index contributed by atoms with van der Waals surface area (Å²) in [7, 11) is 0. The molecule has 26 heavy (non-hydrogen) atoms. The van der Waals surface area contributed by atoms with Crippen LogP contribution < -0.4 is 0 Å². The average Bonchev–Trinajstić information content (AvgIpc) is 3.28. The Bertz CT molecular complexity index is 932. The highest BCUT2D eigenvalue weighted by Crippen LogP contribution is 2.40. The van der Waals surface area contributed by atoms with Crippen LogP contribution in [-0.4, -0.2) is 38.7 Å². The van der Waals surface area contributed by atoms with Gasteiger partial charge >= 0.3 is 0 Å². The van der Waals surface area contributed by atoms with Crippen molar-refractivity contribution in [1.29, 1.82) is 0 Å². The Labute approximate surface area is 151 Å². The predicted octanol–water partition coefficient (Wildman–Crippen LogP) is 3.31. The first-order valence-electron chi connectivity index (χ1n) is 9.43. The fourth-order valence-electron chi connectivity index (χ4n) is 3.81. The highest BCUT2D eigenvalue weighted by Gasteiger charge is 2.32. The molecule has 1 aliphatic heterocycles. The van der Waals surface area contributed by atoms with Gasteiger partial charge in [-0.05, 0) is 43.2 Å². The second kappa shape index (κ2) is 6.27. The van der Waals surface area contributed by atoms with E-state index < -0.39 is 0 Å². The fraction of sp³-hybridized carbons (Fsp3) is 0.450. The number of carbonyl (C=O) groups excluding carboxylic acids is 1. The molecule has 0 radical (unpaired) electrons. The Morgan fingerprint density at radius 3 is 2.42 bits per heavy atom. The van der Waals surface area contributed by atoms with E-state index in [0.29, 0.717) is 12.5 Å². The van der Waals surface area contributed by atoms with Crippen LogP contribution in [0.25, 0.3) is 10.9 Å². The van der Waals surface area contributed by atoms with Gasteiger partial charge in [0.15, 0.2) is 0 Å². The number of hydrogen-bond acceptors (Lipinski definition) is 4. The van der Waals surface area contributed by atoms with Crippen LogP contribution in [0.5, 0.6) is 0 Å². The van der Waals surface area contributed by atoms with Crippen LogP contribution >= 0.6 is 0 Å². The summed E-state index contributed by atoms with van der Waals surface area (Å²) in [6, 6.07) is 10.2. The Kier molecular flexibility index (Phi) is 3.76. The first-order valence-corrected chi connectivity index (χ1v) is 9.43. The maximum Gasteiger partial charge on any atom is 0.242 e. The number of piperidine rings is 1. The van der Waals surface area contributed by atoms with Crippen LogP contribution in [-0.2, 0) is 11.3 Å². The zero-order valence-electron chi connectivity index (χ0n) is 14.7. The van der Waals surface area contributed by atoms with Gasteiger partial charge in [0.2, 0.25) is 17.7 Å². The third-order valence-corrected chi connectivity index (χ3v) is 5.57. The molecule has 1 saturated heterocycles. The second-order valence-corrected chi connectivity index (χ2v) is 7.41. The number of likely N-dealkylation sites (tertiary alicyclic amines) is 1. The number of amides is 1. The highest BCUT2D eigenvalue weighted by molar-refractivity contribution is 5.83. The SMILES string of the molecule is O=C(Cn1ccc2ccccc21)N1CCC(c2nnc(C3CC3)o2)CC1. The molecular weight excluding hydrogens is 328 g/mol. The van der Waals surface area contributed by atoms with E-state index in [4.69, 9.17) is 4.42 Å². The molecule has 1 saturated carbocycles. The highest BCUT2D eigenvalue weighted by atomic mass is 16.4. The molecule has 0 atom stereocenters. The quantitative estimate of drug-likeness (QED) is 0.724. The van der Waals surface area contributed by atoms with Crippen LogP contribution in [0, 0.1) is 0 Å². The van der Waals surface area contributed by atoms with E-state index in [9.17, 15) is 4.79 Å². The summed E-state index contributed by atoms with van der Waals surface area (Å²) in [5.41, 5.74) is 1.11. The van der Waals surface area contributed by atoms with Crippen molar-refractivity contribution in [2.24, 2.45) is 0 Å². The molecule has 0 spiro atoms. The third kappa shape index (κ3) is 2.89. The normalized spacial score (nSPS) is 18.5. The summed E-state index contributed by atoms with van der Waals surface area (Å²) in [4.78, 5) is 14.7. The molecule has 6 heteroatoms. The van der Waals surface area contributed by atoms with E-state index in [1.807, 2.05) is 27.8 Å². The molecule has 3 aromatic rings. The molecule has 134 valence electrons. The maximum absolute atomic E-state index is 12.7. The molecule has 2 fully saturated rings. The standard InChI is InChI=1S/C20H22N4O2/c25-18(13-24-12-7-14-3-1-2-4-17(14)24)23-10-8-16(9-11-23)20-22-21-19(26-20)15-5-6-15/h1-4,7,12,15-16H,5-6,8-11,13H2. The monoisotopic (exact) mass is 350 g/mol. The lowest BCUT2D eigenvalue weighted by Gasteiger charge is -2.30. The number of hydrogen-bond donors (Lipinski definition) is 0. The van der Waals surface area contributed by atoms with Crippen LogP contribution in [0.4, 0.5) is 0 Å². The van der Waals surface area contributed by atoms with E-state index >= 15 is 0 Å². The third-order valence-electron chi connectivity index (χ3n) is 5.57. The minimum atomic E-state index is 0.175. The van der Waals surface area contributed by atoms with E-state index in [0.717, 1.165) is 43.2 Å². The minimum Gasteiger partial charge on any atom is -0.425 e. The van der Waals surface area contributed by atoms with Crippen molar-refractivity contribution < 1.29 is 9.21 Å². The number of nitrogens with zero attached hydrogens (tertiary/aromatic N) is 4. The van der Waals surface area contributed by atoms with Crippen molar-refractivity contribution in [2.75, 3.05) is 13.1 Å². The number of para-hydroxylation sites is 1. The van der Waals surface area contributed by atoms with E-state index in [1.54, 1.807) is 0 Å². The van der Waals surface area contributed by atoms with Gasteiger partial charge in [0, 0.05) is 36.6 Å². The molecule has 1 amide bonds. The van der Waals surface area contributed by atoms with E-state index in [1.165, 1.54) is 18.2 Å². The van der Waals surface area contributed by atoms with Gasteiger partial charge in [0.25, 0.3) is 0 Å². The zero-order valence-corrected chi connectivity index (χ0v) is 14.7. The molecule has 0 unspecified atom stereocenters. The lowest BCUT2D eigenvalue weighted by Crippen LogP contribution is -2.39. The van der Waals surface area contributed by atoms with Crippen LogP contribution in [0.2, 0.25) is 0 Å². The van der Waals surface area contributed by atoms with Crippen molar-refractivity contribution in [3.05, 3.63) is 48.3 Å². The number of fused-ring (bicyclic) bond motifs is 1. The number of aromatic nitrogens is 3. The molecular formula is C20H22N4O2. The van der Waals surface area contributed by atoms with Gasteiger partial charge in [-0.3, -0.25) is 4.79 Å². The van der Waals surface area contributed by atoms with E-state index in [-0.39, 0.29) is 11.8 Å². The maximum atomic E-state index is 12.7. The predicted molar refractivity (Wildman–Crippen MR) is 96.8 cm³/mol. The molecule has 3 heterocycles. The smallest absolute Gasteiger partial charge is 0.242 e. The summed E-state index contributed by atoms with van der Waals surface area (Å²) in [6.07, 6.45) is 6.12. The fourth-order valence-corrected chi connectivity index (χ4v) is 3.81. The Balaban J connectivity index is 1.21. The molecule has 6 nitrogen and oxygen atoms in total. The van der Waals surface area contributed by atoms with Gasteiger partial charge in [-0.2, -0.15) is 0 Å². The summed E-state index contributed by atoms with van der Waals surface area (Å²) < 4.78 is 7.88.